The molecule has 1 fully saturated rings. The first-order chi connectivity index (χ1) is 30.4. The number of nitrogens with zero attached hydrogens (tertiary/aromatic N) is 1. The summed E-state index contributed by atoms with van der Waals surface area (Å²) < 4.78 is 45.5. The first kappa shape index (κ1) is 42.4. The number of hydrogen-bond acceptors (Lipinski definition) is 16. The van der Waals surface area contributed by atoms with Crippen molar-refractivity contribution in [1.29, 1.82) is 0 Å². The van der Waals surface area contributed by atoms with E-state index in [4.69, 9.17) is 49.7 Å². The molecule has 63 heavy (non-hydrogen) atoms. The highest BCUT2D eigenvalue weighted by Crippen LogP contribution is 2.60. The minimum atomic E-state index is -2.24. The Labute approximate surface area is 359 Å². The summed E-state index contributed by atoms with van der Waals surface area (Å²) >= 11 is 0. The molecule has 9 rings (SSSR count). The van der Waals surface area contributed by atoms with Gasteiger partial charge in [0.05, 0.1) is 24.2 Å². The van der Waals surface area contributed by atoms with E-state index >= 15 is 0 Å². The molecule has 0 bridgehead atoms. The number of carbonyl (C=O) groups is 2. The van der Waals surface area contributed by atoms with Crippen molar-refractivity contribution in [2.45, 2.75) is 92.8 Å². The van der Waals surface area contributed by atoms with Crippen LogP contribution in [0.4, 0.5) is 0 Å². The third kappa shape index (κ3) is 7.69. The lowest BCUT2D eigenvalue weighted by molar-refractivity contribution is -0.329. The molecule has 6 heterocycles. The zero-order valence-electron chi connectivity index (χ0n) is 33.7. The minimum absolute atomic E-state index is 0.0787. The maximum atomic E-state index is 12.5. The number of carboxylic acid groups (broad SMARTS) is 1. The summed E-state index contributed by atoms with van der Waals surface area (Å²) in [4.78, 5) is 27.0. The largest absolute Gasteiger partial charge is 0.489 e. The minimum Gasteiger partial charge on any atom is -0.489 e. The molecule has 9 unspecified atom stereocenters. The topological polar surface area (TPSA) is 293 Å². The van der Waals surface area contributed by atoms with Crippen molar-refractivity contribution in [1.82, 2.24) is 9.55 Å². The van der Waals surface area contributed by atoms with Gasteiger partial charge in [0.25, 0.3) is 0 Å². The van der Waals surface area contributed by atoms with E-state index in [0.717, 1.165) is 22.0 Å². The number of carbonyl (C=O) groups excluding carboxylic acids is 1. The Kier molecular flexibility index (Phi) is 11.4. The maximum absolute atomic E-state index is 12.5. The van der Waals surface area contributed by atoms with Crippen LogP contribution in [0.25, 0.3) is 10.9 Å². The molecule has 1 saturated heterocycles. The predicted octanol–water partition coefficient (Wildman–Crippen LogP) is 1.07. The second-order valence-electron chi connectivity index (χ2n) is 16.2. The summed E-state index contributed by atoms with van der Waals surface area (Å²) in [6.07, 6.45) is -6.58. The van der Waals surface area contributed by atoms with Crippen LogP contribution in [0.2, 0.25) is 0 Å². The Bertz CT molecular complexity index is 2460. The van der Waals surface area contributed by atoms with Gasteiger partial charge in [0.15, 0.2) is 30.0 Å². The number of H-pyrrole nitrogens is 1. The van der Waals surface area contributed by atoms with Crippen molar-refractivity contribution in [3.8, 4) is 28.7 Å². The number of nitrogens with one attached hydrogen (secondary N) is 1. The summed E-state index contributed by atoms with van der Waals surface area (Å²) in [5, 5.41) is 64.9. The third-order valence-electron chi connectivity index (χ3n) is 12.2. The fourth-order valence-electron chi connectivity index (χ4n) is 9.39. The van der Waals surface area contributed by atoms with E-state index in [-0.39, 0.29) is 49.8 Å². The second-order valence-corrected chi connectivity index (χ2v) is 16.2. The second kappa shape index (κ2) is 17.0. The summed E-state index contributed by atoms with van der Waals surface area (Å²) in [6, 6.07) is 16.9. The lowest BCUT2D eigenvalue weighted by Crippen LogP contribution is -2.71. The molecule has 0 amide bonds. The third-order valence-corrected chi connectivity index (χ3v) is 12.2. The van der Waals surface area contributed by atoms with Gasteiger partial charge in [-0.15, -0.1) is 0 Å². The number of aliphatic hydroxyl groups is 5. The number of hydrogen-bond donors (Lipinski definition) is 9. The molecule has 0 spiro atoms. The smallest absolute Gasteiger partial charge is 0.317 e. The number of aliphatic carboxylic acids is 1. The molecule has 3 aromatic carbocycles. The summed E-state index contributed by atoms with van der Waals surface area (Å²) in [5.41, 5.74) is 14.3. The number of benzene rings is 3. The van der Waals surface area contributed by atoms with Crippen LogP contribution in [0.15, 0.2) is 73.2 Å². The highest BCUT2D eigenvalue weighted by Gasteiger charge is 2.60. The standard InChI is InChI=1S/C44H48N4O15/c45-42(46)40(61-32(53)16-31(51)52)39-35(54)41(55)44(56)10-8-23-25(18-48-17-22-9-11-47-26(22)19-48)34-30(15-28(23)60-43(44)63-39)59-29(14-21-4-2-1-3-5-21)33-24-6-7-27(58-20-50)37(57-13-12-49)36(24)62-38(33)34/h1-7,9,11,15,17,19,29,33,35,38-43,47,49-50,54-56H,8,10,12-14,16,18,20,45-46H2,(H,51,52). The van der Waals surface area contributed by atoms with Crippen LogP contribution >= 0.6 is 0 Å². The van der Waals surface area contributed by atoms with E-state index < -0.39 is 85.8 Å². The molecule has 0 aliphatic carbocycles. The monoisotopic (exact) mass is 872 g/mol. The van der Waals surface area contributed by atoms with Crippen molar-refractivity contribution in [2.24, 2.45) is 11.5 Å². The summed E-state index contributed by atoms with van der Waals surface area (Å²) in [6.45, 7) is -0.756. The van der Waals surface area contributed by atoms with Gasteiger partial charge in [-0.2, -0.15) is 0 Å². The first-order valence-corrected chi connectivity index (χ1v) is 20.5. The zero-order valence-corrected chi connectivity index (χ0v) is 33.7. The lowest BCUT2D eigenvalue weighted by Gasteiger charge is -2.48. The van der Waals surface area contributed by atoms with E-state index in [2.05, 4.69) is 4.98 Å². The Morgan fingerprint density at radius 1 is 1.00 bits per heavy atom. The van der Waals surface area contributed by atoms with Gasteiger partial charge in [-0.3, -0.25) is 9.59 Å². The van der Waals surface area contributed by atoms with Gasteiger partial charge in [-0.25, -0.2) is 0 Å². The molecule has 19 nitrogen and oxygen atoms in total. The lowest BCUT2D eigenvalue weighted by atomic mass is 9.78. The van der Waals surface area contributed by atoms with Crippen LogP contribution in [-0.2, 0) is 38.4 Å². The molecule has 4 aliphatic rings. The highest BCUT2D eigenvalue weighted by atomic mass is 16.7. The number of ether oxygens (including phenoxy) is 7. The molecule has 0 saturated carbocycles. The van der Waals surface area contributed by atoms with Crippen LogP contribution in [0.5, 0.6) is 28.7 Å². The number of rotatable bonds is 14. The number of fused-ring (bicyclic) bond motifs is 8. The van der Waals surface area contributed by atoms with Crippen LogP contribution in [0, 0.1) is 0 Å². The van der Waals surface area contributed by atoms with E-state index in [0.29, 0.717) is 34.6 Å². The fraction of sp³-hybridized carbons (Fsp3) is 0.409. The quantitative estimate of drug-likeness (QED) is 0.0428. The van der Waals surface area contributed by atoms with Gasteiger partial charge in [0, 0.05) is 59.7 Å². The number of aromatic amines is 1. The van der Waals surface area contributed by atoms with Crippen LogP contribution in [0.3, 0.4) is 0 Å². The molecule has 11 N–H and O–H groups in total. The van der Waals surface area contributed by atoms with Gasteiger partial charge in [-0.1, -0.05) is 36.4 Å². The Morgan fingerprint density at radius 2 is 1.81 bits per heavy atom. The Hall–Kier alpha value is -5.90. The molecule has 19 heteroatoms. The number of aromatic nitrogens is 2. The Balaban J connectivity index is 1.18. The molecule has 5 aromatic rings. The van der Waals surface area contributed by atoms with Crippen molar-refractivity contribution in [3.63, 3.8) is 0 Å². The van der Waals surface area contributed by atoms with E-state index in [9.17, 15) is 35.1 Å². The van der Waals surface area contributed by atoms with E-state index in [1.165, 1.54) is 0 Å². The molecule has 0 radical (unpaired) electrons. The fourth-order valence-corrected chi connectivity index (χ4v) is 9.39. The molecule has 9 atom stereocenters. The first-order valence-electron chi connectivity index (χ1n) is 20.5. The van der Waals surface area contributed by atoms with Crippen molar-refractivity contribution >= 4 is 22.8 Å². The molecule has 334 valence electrons. The number of aliphatic hydroxyl groups excluding tert-OH is 4. The summed E-state index contributed by atoms with van der Waals surface area (Å²) in [7, 11) is 0. The average molecular weight is 873 g/mol. The molecule has 2 aromatic heterocycles. The molecule has 4 aliphatic heterocycles. The van der Waals surface area contributed by atoms with Gasteiger partial charge >= 0.3 is 11.9 Å². The van der Waals surface area contributed by atoms with Crippen LogP contribution < -0.4 is 35.2 Å². The average Bonchev–Trinajstić information content (AvgIpc) is 3.94. The van der Waals surface area contributed by atoms with Crippen molar-refractivity contribution in [3.05, 3.63) is 101 Å². The van der Waals surface area contributed by atoms with E-state index in [1.54, 1.807) is 12.1 Å². The van der Waals surface area contributed by atoms with E-state index in [1.807, 2.05) is 65.6 Å². The van der Waals surface area contributed by atoms with Crippen LogP contribution in [-0.4, -0.2) is 121 Å². The summed E-state index contributed by atoms with van der Waals surface area (Å²) in [5.74, 6) is -1.73. The number of carboxylic acids is 1. The molecular weight excluding hydrogens is 824 g/mol. The van der Waals surface area contributed by atoms with Crippen molar-refractivity contribution in [2.75, 3.05) is 20.0 Å². The number of nitrogens with two attached hydrogens (primary N) is 2. The number of esters is 1. The predicted molar refractivity (Wildman–Crippen MR) is 218 cm³/mol. The van der Waals surface area contributed by atoms with Crippen molar-refractivity contribution < 1.29 is 73.4 Å². The van der Waals surface area contributed by atoms with Gasteiger partial charge < -0.3 is 84.8 Å². The van der Waals surface area contributed by atoms with Gasteiger partial charge in [-0.05, 0) is 36.1 Å². The normalized spacial score (nSPS) is 26.1. The maximum Gasteiger partial charge on any atom is 0.317 e. The van der Waals surface area contributed by atoms with Gasteiger partial charge in [0.1, 0.15) is 55.0 Å². The SMILES string of the molecule is NC(N)C(OC(=O)CC(=O)O)C1OC2Oc3cc4c(c(Cn5cc6cc[nH]c6c5)c3CCC2(O)C(O)C1O)C1Oc2c(ccc(OCO)c2OCCO)C1C(Cc1ccccc1)O4. The Morgan fingerprint density at radius 3 is 2.54 bits per heavy atom. The highest BCUT2D eigenvalue weighted by molar-refractivity contribution is 5.90. The zero-order chi connectivity index (χ0) is 44.2. The van der Waals surface area contributed by atoms with Gasteiger partial charge in [0.2, 0.25) is 12.0 Å². The van der Waals surface area contributed by atoms with Crippen LogP contribution in [0.1, 0.15) is 52.7 Å². The molecular formula is C44H48N4O15.